The van der Waals surface area contributed by atoms with Crippen LogP contribution in [0.2, 0.25) is 0 Å². The number of nitrogens with two attached hydrogens (primary N) is 1. The van der Waals surface area contributed by atoms with E-state index in [9.17, 15) is 0 Å². The van der Waals surface area contributed by atoms with E-state index in [-0.39, 0.29) is 5.11 Å². The lowest BCUT2D eigenvalue weighted by Crippen LogP contribution is -2.18. The average molecular weight is 283 g/mol. The van der Waals surface area contributed by atoms with Crippen molar-refractivity contribution >= 4 is 28.8 Å². The Hall–Kier alpha value is -2.47. The Labute approximate surface area is 121 Å². The molecule has 0 saturated carbocycles. The second kappa shape index (κ2) is 4.90. The van der Waals surface area contributed by atoms with E-state index in [1.807, 2.05) is 54.0 Å². The second-order valence-electron chi connectivity index (χ2n) is 4.47. The number of aromatic nitrogens is 3. The predicted molar refractivity (Wildman–Crippen MR) is 83.6 cm³/mol. The highest BCUT2D eigenvalue weighted by Crippen LogP contribution is 2.20. The number of rotatable bonds is 2. The van der Waals surface area contributed by atoms with E-state index in [1.165, 1.54) is 0 Å². The topological polar surface area (TPSA) is 68.2 Å². The molecule has 0 spiro atoms. The molecule has 5 nitrogen and oxygen atoms in total. The number of nitrogens with one attached hydrogen (secondary N) is 1. The lowest BCUT2D eigenvalue weighted by molar-refractivity contribution is 1.07. The summed E-state index contributed by atoms with van der Waals surface area (Å²) in [6.07, 6.45) is 3.91. The Morgan fingerprint density at radius 3 is 2.65 bits per heavy atom. The zero-order valence-electron chi connectivity index (χ0n) is 10.9. The van der Waals surface area contributed by atoms with E-state index >= 15 is 0 Å². The van der Waals surface area contributed by atoms with Gasteiger partial charge < -0.3 is 11.1 Å². The maximum Gasteiger partial charge on any atom is 0.234 e. The van der Waals surface area contributed by atoms with Crippen molar-refractivity contribution in [2.24, 2.45) is 5.73 Å². The minimum absolute atomic E-state index is 0.255. The minimum Gasteiger partial charge on any atom is -0.376 e. The summed E-state index contributed by atoms with van der Waals surface area (Å²) in [4.78, 5) is 8.90. The van der Waals surface area contributed by atoms with E-state index in [1.54, 1.807) is 0 Å². The smallest absolute Gasteiger partial charge is 0.234 e. The van der Waals surface area contributed by atoms with Crippen molar-refractivity contribution in [1.82, 2.24) is 14.4 Å². The molecule has 0 fully saturated rings. The van der Waals surface area contributed by atoms with Crippen molar-refractivity contribution in [3.8, 4) is 11.3 Å². The van der Waals surface area contributed by atoms with Crippen LogP contribution in [0.1, 0.15) is 5.69 Å². The molecular weight excluding hydrogens is 270 g/mol. The fourth-order valence-electron chi connectivity index (χ4n) is 1.97. The third-order valence-electron chi connectivity index (χ3n) is 2.91. The molecule has 2 heterocycles. The molecule has 0 amide bonds. The number of hydrogen-bond donors (Lipinski definition) is 2. The number of thiocarbonyl (C=S) groups is 1. The van der Waals surface area contributed by atoms with Crippen LogP contribution in [0, 0.1) is 6.92 Å². The summed E-state index contributed by atoms with van der Waals surface area (Å²) in [5, 5.41) is 3.14. The first-order chi connectivity index (χ1) is 9.61. The SMILES string of the molecule is Cc1ccn2cc(-c3ccc(NC(N)=S)cc3)nc2n1. The van der Waals surface area contributed by atoms with E-state index in [2.05, 4.69) is 15.3 Å². The molecule has 3 aromatic rings. The van der Waals surface area contributed by atoms with Gasteiger partial charge in [0.1, 0.15) is 0 Å². The van der Waals surface area contributed by atoms with Gasteiger partial charge in [-0.05, 0) is 37.3 Å². The zero-order chi connectivity index (χ0) is 14.1. The summed E-state index contributed by atoms with van der Waals surface area (Å²) in [5.41, 5.74) is 9.14. The third kappa shape index (κ3) is 2.46. The highest BCUT2D eigenvalue weighted by atomic mass is 32.1. The average Bonchev–Trinajstić information content (AvgIpc) is 2.81. The summed E-state index contributed by atoms with van der Waals surface area (Å²) >= 11 is 4.80. The van der Waals surface area contributed by atoms with Gasteiger partial charge in [0, 0.05) is 29.3 Å². The molecule has 6 heteroatoms. The number of aryl methyl sites for hydroxylation is 1. The molecule has 0 radical (unpaired) electrons. The van der Waals surface area contributed by atoms with Crippen LogP contribution in [0.5, 0.6) is 0 Å². The normalized spacial score (nSPS) is 10.7. The van der Waals surface area contributed by atoms with Crippen molar-refractivity contribution in [2.75, 3.05) is 5.32 Å². The van der Waals surface area contributed by atoms with E-state index < -0.39 is 0 Å². The molecule has 0 atom stereocenters. The molecule has 0 aliphatic heterocycles. The molecule has 1 aromatic carbocycles. The lowest BCUT2D eigenvalue weighted by atomic mass is 10.1. The fourth-order valence-corrected chi connectivity index (χ4v) is 2.08. The Morgan fingerprint density at radius 1 is 1.20 bits per heavy atom. The quantitative estimate of drug-likeness (QED) is 0.707. The van der Waals surface area contributed by atoms with Gasteiger partial charge in [0.25, 0.3) is 0 Å². The van der Waals surface area contributed by atoms with Crippen molar-refractivity contribution in [1.29, 1.82) is 0 Å². The summed E-state index contributed by atoms with van der Waals surface area (Å²) < 4.78 is 1.91. The van der Waals surface area contributed by atoms with Gasteiger partial charge in [-0.3, -0.25) is 4.40 Å². The van der Waals surface area contributed by atoms with E-state index in [4.69, 9.17) is 18.0 Å². The highest BCUT2D eigenvalue weighted by Gasteiger charge is 2.05. The first-order valence-corrected chi connectivity index (χ1v) is 6.52. The Bertz CT molecular complexity index is 776. The van der Waals surface area contributed by atoms with Crippen molar-refractivity contribution in [2.45, 2.75) is 6.92 Å². The monoisotopic (exact) mass is 283 g/mol. The van der Waals surface area contributed by atoms with Gasteiger partial charge in [0.2, 0.25) is 5.78 Å². The van der Waals surface area contributed by atoms with Gasteiger partial charge in [-0.25, -0.2) is 9.97 Å². The van der Waals surface area contributed by atoms with Crippen molar-refractivity contribution in [3.05, 3.63) is 48.4 Å². The van der Waals surface area contributed by atoms with Gasteiger partial charge >= 0.3 is 0 Å². The molecule has 0 aliphatic carbocycles. The summed E-state index contributed by atoms with van der Waals surface area (Å²) in [6.45, 7) is 1.95. The molecule has 2 aromatic heterocycles. The molecule has 20 heavy (non-hydrogen) atoms. The Morgan fingerprint density at radius 2 is 1.95 bits per heavy atom. The molecule has 0 unspecified atom stereocenters. The van der Waals surface area contributed by atoms with Crippen molar-refractivity contribution < 1.29 is 0 Å². The number of nitrogens with zero attached hydrogens (tertiary/aromatic N) is 3. The standard InChI is InChI=1S/C14H13N5S/c1-9-6-7-19-8-12(18-14(19)16-9)10-2-4-11(5-3-10)17-13(15)20/h2-8H,1H3,(H3,15,17,20). The number of hydrogen-bond acceptors (Lipinski definition) is 3. The number of anilines is 1. The number of benzene rings is 1. The number of fused-ring (bicyclic) bond motifs is 1. The maximum atomic E-state index is 5.44. The van der Waals surface area contributed by atoms with Crippen molar-refractivity contribution in [3.63, 3.8) is 0 Å². The largest absolute Gasteiger partial charge is 0.376 e. The van der Waals surface area contributed by atoms with Gasteiger partial charge in [-0.1, -0.05) is 12.1 Å². The molecule has 3 N–H and O–H groups in total. The maximum absolute atomic E-state index is 5.44. The van der Waals surface area contributed by atoms with Gasteiger partial charge in [0.05, 0.1) is 5.69 Å². The summed E-state index contributed by atoms with van der Waals surface area (Å²) in [7, 11) is 0. The Balaban J connectivity index is 1.96. The second-order valence-corrected chi connectivity index (χ2v) is 4.91. The third-order valence-corrected chi connectivity index (χ3v) is 3.02. The van der Waals surface area contributed by atoms with Crippen LogP contribution in [0.4, 0.5) is 5.69 Å². The van der Waals surface area contributed by atoms with Crippen LogP contribution >= 0.6 is 12.2 Å². The molecule has 3 rings (SSSR count). The molecule has 100 valence electrons. The van der Waals surface area contributed by atoms with E-state index in [0.717, 1.165) is 22.6 Å². The lowest BCUT2D eigenvalue weighted by Gasteiger charge is -2.03. The van der Waals surface area contributed by atoms with Crippen LogP contribution in [0.3, 0.4) is 0 Å². The summed E-state index contributed by atoms with van der Waals surface area (Å²) in [5.74, 6) is 0.699. The predicted octanol–water partition coefficient (Wildman–Crippen LogP) is 2.36. The number of imidazole rings is 1. The van der Waals surface area contributed by atoms with Crippen LogP contribution < -0.4 is 11.1 Å². The van der Waals surface area contributed by atoms with Crippen LogP contribution in [0.25, 0.3) is 17.0 Å². The van der Waals surface area contributed by atoms with E-state index in [0.29, 0.717) is 5.78 Å². The zero-order valence-corrected chi connectivity index (χ0v) is 11.7. The molecule has 0 saturated heterocycles. The van der Waals surface area contributed by atoms with Crippen LogP contribution in [-0.4, -0.2) is 19.5 Å². The van der Waals surface area contributed by atoms with Crippen LogP contribution in [-0.2, 0) is 0 Å². The fraction of sp³-hybridized carbons (Fsp3) is 0.0714. The van der Waals surface area contributed by atoms with Gasteiger partial charge in [-0.2, -0.15) is 0 Å². The first kappa shape index (κ1) is 12.6. The first-order valence-electron chi connectivity index (χ1n) is 6.11. The van der Waals surface area contributed by atoms with Gasteiger partial charge in [-0.15, -0.1) is 0 Å². The minimum atomic E-state index is 0.255. The molecule has 0 bridgehead atoms. The van der Waals surface area contributed by atoms with Gasteiger partial charge in [0.15, 0.2) is 5.11 Å². The Kier molecular flexibility index (Phi) is 3.08. The molecule has 0 aliphatic rings. The highest BCUT2D eigenvalue weighted by molar-refractivity contribution is 7.80. The molecular formula is C14H13N5S. The summed E-state index contributed by atoms with van der Waals surface area (Å²) in [6, 6.07) is 9.71. The van der Waals surface area contributed by atoms with Crippen LogP contribution in [0.15, 0.2) is 42.7 Å².